The molecule has 0 radical (unpaired) electrons. The second-order valence-corrected chi connectivity index (χ2v) is 3.07. The summed E-state index contributed by atoms with van der Waals surface area (Å²) < 4.78 is 4.94. The highest BCUT2D eigenvalue weighted by Crippen LogP contribution is 1.93. The van der Waals surface area contributed by atoms with Crippen LogP contribution in [0.1, 0.15) is 0 Å². The second-order valence-electron chi connectivity index (χ2n) is 2.76. The van der Waals surface area contributed by atoms with Gasteiger partial charge in [-0.05, 0) is 0 Å². The number of nitrogens with zero attached hydrogens (tertiary/aromatic N) is 1. The lowest BCUT2D eigenvalue weighted by Gasteiger charge is -2.16. The van der Waals surface area contributed by atoms with Crippen LogP contribution in [-0.2, 0) is 4.74 Å². The van der Waals surface area contributed by atoms with Crippen LogP contribution < -0.4 is 12.4 Å². The molecule has 0 saturated carbocycles. The van der Waals surface area contributed by atoms with Crippen molar-refractivity contribution in [3.8, 4) is 0 Å². The highest BCUT2D eigenvalue weighted by atomic mass is 35.5. The summed E-state index contributed by atoms with van der Waals surface area (Å²) in [6.07, 6.45) is 2.97. The average Bonchev–Trinajstić information content (AvgIpc) is 1.59. The van der Waals surface area contributed by atoms with Crippen LogP contribution in [0.15, 0.2) is 12.5 Å². The first-order valence-corrected chi connectivity index (χ1v) is 3.14. The van der Waals surface area contributed by atoms with E-state index in [1.165, 1.54) is 6.26 Å². The molecular weight excluding hydrogens is 189 g/mol. The zero-order valence-electron chi connectivity index (χ0n) is 6.67. The third kappa shape index (κ3) is 12.9. The van der Waals surface area contributed by atoms with E-state index >= 15 is 0 Å². The Balaban J connectivity index is 0. The first kappa shape index (κ1) is 13.3. The zero-order valence-corrected chi connectivity index (χ0v) is 8.19. The van der Waals surface area contributed by atoms with E-state index in [-0.39, 0.29) is 12.4 Å². The Morgan fingerprint density at radius 1 is 1.45 bits per heavy atom. The number of carbonyl (C=O) groups excluding carboxylic acids is 1. The number of halogens is 2. The fraction of sp³-hybridized carbons (Fsp3) is 0.500. The van der Waals surface area contributed by atoms with Crippen molar-refractivity contribution in [3.63, 3.8) is 0 Å². The van der Waals surface area contributed by atoms with Gasteiger partial charge in [-0.1, -0.05) is 0 Å². The van der Waals surface area contributed by atoms with E-state index in [4.69, 9.17) is 11.6 Å². The standard InChI is InChI=1S/C6H11ClNO2.ClH/c1-8(2,3)4-5-10-6(7)9;/h4-5H,1-3H3;1H/q+1;/p-1. The smallest absolute Gasteiger partial charge is 0.408 e. The minimum Gasteiger partial charge on any atom is -1.00 e. The van der Waals surface area contributed by atoms with Crippen molar-refractivity contribution in [3.05, 3.63) is 12.5 Å². The van der Waals surface area contributed by atoms with Crippen LogP contribution in [0.5, 0.6) is 0 Å². The lowest BCUT2D eigenvalue weighted by molar-refractivity contribution is -0.817. The van der Waals surface area contributed by atoms with Crippen molar-refractivity contribution in [1.29, 1.82) is 0 Å². The molecule has 0 aromatic heterocycles. The molecule has 0 amide bonds. The zero-order chi connectivity index (χ0) is 8.20. The molecule has 0 heterocycles. The summed E-state index contributed by atoms with van der Waals surface area (Å²) >= 11 is 4.89. The molecule has 0 aliphatic rings. The summed E-state index contributed by atoms with van der Waals surface area (Å²) in [5.41, 5.74) is -0.815. The Kier molecular flexibility index (Phi) is 6.56. The van der Waals surface area contributed by atoms with E-state index in [1.54, 1.807) is 6.20 Å². The maximum atomic E-state index is 10.0. The molecule has 0 spiro atoms. The van der Waals surface area contributed by atoms with E-state index < -0.39 is 5.43 Å². The molecule has 0 fully saturated rings. The number of hydrogen-bond acceptors (Lipinski definition) is 2. The van der Waals surface area contributed by atoms with Gasteiger partial charge in [-0.2, -0.15) is 0 Å². The third-order valence-corrected chi connectivity index (χ3v) is 0.758. The van der Waals surface area contributed by atoms with Crippen molar-refractivity contribution in [2.24, 2.45) is 0 Å². The predicted octanol–water partition coefficient (Wildman–Crippen LogP) is -1.46. The topological polar surface area (TPSA) is 26.3 Å². The number of rotatable bonds is 2. The molecule has 11 heavy (non-hydrogen) atoms. The Bertz CT molecular complexity index is 151. The summed E-state index contributed by atoms with van der Waals surface area (Å²) in [5.74, 6) is 0. The normalized spacial score (nSPS) is 10.9. The van der Waals surface area contributed by atoms with Gasteiger partial charge in [0.05, 0.1) is 21.1 Å². The Labute approximate surface area is 77.6 Å². The van der Waals surface area contributed by atoms with Crippen LogP contribution in [0.2, 0.25) is 0 Å². The first-order valence-electron chi connectivity index (χ1n) is 2.77. The van der Waals surface area contributed by atoms with Gasteiger partial charge >= 0.3 is 5.43 Å². The molecule has 5 heteroatoms. The van der Waals surface area contributed by atoms with Gasteiger partial charge in [0.25, 0.3) is 0 Å². The highest BCUT2D eigenvalue weighted by molar-refractivity contribution is 6.61. The molecule has 0 bridgehead atoms. The van der Waals surface area contributed by atoms with Crippen LogP contribution >= 0.6 is 11.6 Å². The van der Waals surface area contributed by atoms with Crippen LogP contribution in [0.4, 0.5) is 4.79 Å². The van der Waals surface area contributed by atoms with E-state index in [2.05, 4.69) is 4.74 Å². The summed E-state index contributed by atoms with van der Waals surface area (Å²) in [4.78, 5) is 10.0. The number of quaternary nitrogens is 1. The molecule has 0 saturated heterocycles. The summed E-state index contributed by atoms with van der Waals surface area (Å²) in [7, 11) is 5.79. The van der Waals surface area contributed by atoms with Gasteiger partial charge < -0.3 is 21.6 Å². The van der Waals surface area contributed by atoms with Crippen LogP contribution in [-0.4, -0.2) is 31.1 Å². The quantitative estimate of drug-likeness (QED) is 0.309. The van der Waals surface area contributed by atoms with E-state index in [0.717, 1.165) is 0 Å². The summed E-state index contributed by atoms with van der Waals surface area (Å²) in [6.45, 7) is 0. The molecule has 0 rings (SSSR count). The summed E-state index contributed by atoms with van der Waals surface area (Å²) in [5, 5.41) is 0. The lowest BCUT2D eigenvalue weighted by atomic mass is 10.7. The number of ether oxygens (including phenoxy) is 1. The van der Waals surface area contributed by atoms with Crippen molar-refractivity contribution >= 4 is 17.0 Å². The minimum absolute atomic E-state index is 0. The second kappa shape index (κ2) is 5.41. The summed E-state index contributed by atoms with van der Waals surface area (Å²) in [6, 6.07) is 0. The van der Waals surface area contributed by atoms with E-state index in [9.17, 15) is 4.79 Å². The fourth-order valence-corrected chi connectivity index (χ4v) is 0.318. The van der Waals surface area contributed by atoms with Gasteiger partial charge in [0, 0.05) is 11.6 Å². The minimum atomic E-state index is -0.815. The molecule has 0 unspecified atom stereocenters. The fourth-order valence-electron chi connectivity index (χ4n) is 0.266. The third-order valence-electron chi connectivity index (χ3n) is 0.669. The van der Waals surface area contributed by atoms with Gasteiger partial charge in [-0.3, -0.25) is 0 Å². The average molecular weight is 200 g/mol. The molecule has 0 atom stereocenters. The predicted molar refractivity (Wildman–Crippen MR) is 39.5 cm³/mol. The van der Waals surface area contributed by atoms with Crippen LogP contribution in [0.25, 0.3) is 0 Å². The van der Waals surface area contributed by atoms with Crippen LogP contribution in [0.3, 0.4) is 0 Å². The van der Waals surface area contributed by atoms with Crippen molar-refractivity contribution < 1.29 is 26.4 Å². The molecule has 3 nitrogen and oxygen atoms in total. The molecular formula is C6H11Cl2NO2. The molecule has 0 aromatic rings. The Hall–Kier alpha value is -0.250. The lowest BCUT2D eigenvalue weighted by Crippen LogP contribution is -3.00. The van der Waals surface area contributed by atoms with Gasteiger partial charge in [0.15, 0.2) is 0 Å². The van der Waals surface area contributed by atoms with Crippen LogP contribution in [0, 0.1) is 0 Å². The van der Waals surface area contributed by atoms with E-state index in [0.29, 0.717) is 4.48 Å². The molecule has 66 valence electrons. The Morgan fingerprint density at radius 2 is 1.91 bits per heavy atom. The van der Waals surface area contributed by atoms with Gasteiger partial charge in [0.2, 0.25) is 0 Å². The Morgan fingerprint density at radius 3 is 2.18 bits per heavy atom. The first-order chi connectivity index (χ1) is 4.42. The molecule has 0 aliphatic carbocycles. The van der Waals surface area contributed by atoms with E-state index in [1.807, 2.05) is 21.1 Å². The van der Waals surface area contributed by atoms with Gasteiger partial charge in [0.1, 0.15) is 12.5 Å². The maximum Gasteiger partial charge on any atom is 0.408 e. The SMILES string of the molecule is C[N+](C)(C)C=COC(=O)Cl.[Cl-]. The van der Waals surface area contributed by atoms with Crippen molar-refractivity contribution in [1.82, 2.24) is 0 Å². The van der Waals surface area contributed by atoms with Gasteiger partial charge in [-0.25, -0.2) is 4.79 Å². The van der Waals surface area contributed by atoms with Crippen molar-refractivity contribution in [2.45, 2.75) is 0 Å². The number of carbonyl (C=O) groups is 1. The largest absolute Gasteiger partial charge is 1.00 e. The molecule has 0 aromatic carbocycles. The maximum absolute atomic E-state index is 10.0. The monoisotopic (exact) mass is 199 g/mol. The highest BCUT2D eigenvalue weighted by Gasteiger charge is 2.00. The van der Waals surface area contributed by atoms with Gasteiger partial charge in [-0.15, -0.1) is 0 Å². The molecule has 0 aliphatic heterocycles. The molecule has 0 N–H and O–H groups in total. The van der Waals surface area contributed by atoms with Crippen molar-refractivity contribution in [2.75, 3.05) is 21.1 Å². The number of hydrogen-bond donors (Lipinski definition) is 0.